The van der Waals surface area contributed by atoms with Crippen LogP contribution in [0, 0.1) is 5.82 Å². The Kier molecular flexibility index (Phi) is 6.85. The molecule has 1 saturated heterocycles. The number of amides is 1. The van der Waals surface area contributed by atoms with E-state index in [0.29, 0.717) is 36.4 Å². The van der Waals surface area contributed by atoms with Crippen molar-refractivity contribution >= 4 is 5.91 Å². The summed E-state index contributed by atoms with van der Waals surface area (Å²) in [5, 5.41) is 2.91. The summed E-state index contributed by atoms with van der Waals surface area (Å²) in [6.07, 6.45) is 0.947. The molecule has 4 rings (SSSR count). The summed E-state index contributed by atoms with van der Waals surface area (Å²) in [7, 11) is 0. The van der Waals surface area contributed by atoms with E-state index in [2.05, 4.69) is 24.1 Å². The Morgan fingerprint density at radius 1 is 1.16 bits per heavy atom. The van der Waals surface area contributed by atoms with E-state index >= 15 is 0 Å². The van der Waals surface area contributed by atoms with E-state index in [1.54, 1.807) is 0 Å². The number of nitrogens with one attached hydrogen (secondary N) is 1. The van der Waals surface area contributed by atoms with E-state index in [4.69, 9.17) is 14.2 Å². The van der Waals surface area contributed by atoms with Gasteiger partial charge >= 0.3 is 0 Å². The molecule has 2 aliphatic rings. The van der Waals surface area contributed by atoms with Crippen LogP contribution in [0.2, 0.25) is 0 Å². The number of morpholine rings is 1. The van der Waals surface area contributed by atoms with Crippen molar-refractivity contribution < 1.29 is 23.4 Å². The average molecular weight is 429 g/mol. The van der Waals surface area contributed by atoms with E-state index in [0.717, 1.165) is 25.2 Å². The van der Waals surface area contributed by atoms with Gasteiger partial charge in [-0.25, -0.2) is 4.39 Å². The molecule has 2 aliphatic heterocycles. The lowest BCUT2D eigenvalue weighted by molar-refractivity contribution is -0.0704. The maximum absolute atomic E-state index is 13.8. The van der Waals surface area contributed by atoms with Crippen molar-refractivity contribution in [2.45, 2.75) is 45.6 Å². The summed E-state index contributed by atoms with van der Waals surface area (Å²) < 4.78 is 30.4. The van der Waals surface area contributed by atoms with Crippen LogP contribution in [-0.2, 0) is 29.0 Å². The summed E-state index contributed by atoms with van der Waals surface area (Å²) >= 11 is 0. The minimum atomic E-state index is -0.325. The van der Waals surface area contributed by atoms with Crippen molar-refractivity contribution in [2.75, 3.05) is 26.4 Å². The van der Waals surface area contributed by atoms with Gasteiger partial charge in [0.25, 0.3) is 5.91 Å². The molecule has 6 nitrogen and oxygen atoms in total. The van der Waals surface area contributed by atoms with Gasteiger partial charge in [-0.15, -0.1) is 0 Å². The maximum Gasteiger partial charge on any atom is 0.251 e. The molecule has 7 heteroatoms. The van der Waals surface area contributed by atoms with Crippen LogP contribution in [0.25, 0.3) is 0 Å². The molecule has 1 N–H and O–H groups in total. The topological polar surface area (TPSA) is 60.0 Å². The molecule has 31 heavy (non-hydrogen) atoms. The second-order valence-electron chi connectivity index (χ2n) is 8.32. The van der Waals surface area contributed by atoms with Gasteiger partial charge in [-0.1, -0.05) is 12.1 Å². The smallest absolute Gasteiger partial charge is 0.251 e. The van der Waals surface area contributed by atoms with E-state index in [9.17, 15) is 9.18 Å². The number of carbonyl (C=O) groups is 1. The fraction of sp³-hybridized carbons (Fsp3) is 0.458. The molecule has 1 amide bonds. The van der Waals surface area contributed by atoms with Crippen LogP contribution in [0.15, 0.2) is 36.4 Å². The van der Waals surface area contributed by atoms with Gasteiger partial charge < -0.3 is 19.5 Å². The zero-order valence-electron chi connectivity index (χ0n) is 18.0. The summed E-state index contributed by atoms with van der Waals surface area (Å²) in [5.74, 6) is 0.196. The summed E-state index contributed by atoms with van der Waals surface area (Å²) in [6, 6.07) is 10.6. The zero-order valence-corrected chi connectivity index (χ0v) is 18.0. The summed E-state index contributed by atoms with van der Waals surface area (Å²) in [4.78, 5) is 14.9. The quantitative estimate of drug-likeness (QED) is 0.765. The first-order valence-corrected chi connectivity index (χ1v) is 10.7. The molecule has 2 aromatic rings. The molecular weight excluding hydrogens is 399 g/mol. The predicted molar refractivity (Wildman–Crippen MR) is 114 cm³/mol. The normalized spacial score (nSPS) is 21.3. The molecule has 0 bridgehead atoms. The molecule has 166 valence electrons. The van der Waals surface area contributed by atoms with Crippen LogP contribution < -0.4 is 10.1 Å². The Bertz CT molecular complexity index is 909. The molecule has 2 unspecified atom stereocenters. The Morgan fingerprint density at radius 3 is 2.65 bits per heavy atom. The number of halogens is 1. The fourth-order valence-corrected chi connectivity index (χ4v) is 4.29. The van der Waals surface area contributed by atoms with E-state index in [1.807, 2.05) is 24.3 Å². The predicted octanol–water partition coefficient (Wildman–Crippen LogP) is 3.27. The Hall–Kier alpha value is -2.48. The minimum absolute atomic E-state index is 0.144. The largest absolute Gasteiger partial charge is 0.467 e. The SMILES string of the molecule is CC1CN(Cc2ccc(C(=O)NCCc3cc(F)cc4c3OCOC4)cc2)CC(C)O1. The van der Waals surface area contributed by atoms with Gasteiger partial charge in [0.2, 0.25) is 0 Å². The monoisotopic (exact) mass is 428 g/mol. The lowest BCUT2D eigenvalue weighted by atomic mass is 10.1. The molecule has 0 aromatic heterocycles. The van der Waals surface area contributed by atoms with Crippen LogP contribution in [0.5, 0.6) is 5.75 Å². The third-order valence-electron chi connectivity index (χ3n) is 5.55. The molecule has 2 atom stereocenters. The third-order valence-corrected chi connectivity index (χ3v) is 5.55. The minimum Gasteiger partial charge on any atom is -0.467 e. The van der Waals surface area contributed by atoms with Crippen molar-refractivity contribution in [3.63, 3.8) is 0 Å². The summed E-state index contributed by atoms with van der Waals surface area (Å²) in [5.41, 5.74) is 3.22. The molecule has 2 aromatic carbocycles. The maximum atomic E-state index is 13.8. The number of hydrogen-bond acceptors (Lipinski definition) is 5. The van der Waals surface area contributed by atoms with Gasteiger partial charge in [0.15, 0.2) is 6.79 Å². The highest BCUT2D eigenvalue weighted by molar-refractivity contribution is 5.94. The molecule has 0 saturated carbocycles. The molecule has 0 spiro atoms. The van der Waals surface area contributed by atoms with Crippen molar-refractivity contribution in [1.29, 1.82) is 0 Å². The second-order valence-corrected chi connectivity index (χ2v) is 8.32. The Morgan fingerprint density at radius 2 is 1.90 bits per heavy atom. The van der Waals surface area contributed by atoms with Crippen LogP contribution in [0.3, 0.4) is 0 Å². The van der Waals surface area contributed by atoms with Crippen LogP contribution in [0.1, 0.15) is 40.9 Å². The van der Waals surface area contributed by atoms with Crippen LogP contribution in [-0.4, -0.2) is 49.4 Å². The number of carbonyl (C=O) groups excluding carboxylic acids is 1. The van der Waals surface area contributed by atoms with E-state index < -0.39 is 0 Å². The molecular formula is C24H29FN2O4. The van der Waals surface area contributed by atoms with Gasteiger partial charge in [0.1, 0.15) is 11.6 Å². The number of nitrogens with zero attached hydrogens (tertiary/aromatic N) is 1. The van der Waals surface area contributed by atoms with Crippen LogP contribution in [0.4, 0.5) is 4.39 Å². The Labute approximate surface area is 182 Å². The fourth-order valence-electron chi connectivity index (χ4n) is 4.29. The van der Waals surface area contributed by atoms with Crippen molar-refractivity contribution in [1.82, 2.24) is 10.2 Å². The highest BCUT2D eigenvalue weighted by atomic mass is 19.1. The van der Waals surface area contributed by atoms with Gasteiger partial charge in [-0.05, 0) is 55.7 Å². The van der Waals surface area contributed by atoms with Crippen molar-refractivity contribution in [3.8, 4) is 5.75 Å². The van der Waals surface area contributed by atoms with Gasteiger partial charge in [-0.2, -0.15) is 0 Å². The first kappa shape index (κ1) is 21.7. The van der Waals surface area contributed by atoms with Crippen molar-refractivity contribution in [2.24, 2.45) is 0 Å². The number of hydrogen-bond donors (Lipinski definition) is 1. The zero-order chi connectivity index (χ0) is 21.8. The molecule has 2 heterocycles. The average Bonchev–Trinajstić information content (AvgIpc) is 2.73. The molecule has 0 radical (unpaired) electrons. The molecule has 1 fully saturated rings. The third kappa shape index (κ3) is 5.61. The highest BCUT2D eigenvalue weighted by Gasteiger charge is 2.22. The first-order chi connectivity index (χ1) is 15.0. The summed E-state index contributed by atoms with van der Waals surface area (Å²) in [6.45, 7) is 7.73. The first-order valence-electron chi connectivity index (χ1n) is 10.7. The van der Waals surface area contributed by atoms with Crippen LogP contribution >= 0.6 is 0 Å². The Balaban J connectivity index is 1.30. The number of rotatable bonds is 6. The lowest BCUT2D eigenvalue weighted by Crippen LogP contribution is -2.44. The highest BCUT2D eigenvalue weighted by Crippen LogP contribution is 2.29. The van der Waals surface area contributed by atoms with Crippen molar-refractivity contribution in [3.05, 3.63) is 64.5 Å². The van der Waals surface area contributed by atoms with E-state index in [-0.39, 0.29) is 30.7 Å². The standard InChI is InChI=1S/C24H29FN2O4/c1-16-11-27(12-17(2)31-16)13-18-3-5-19(6-4-18)24(28)26-8-7-20-9-22(25)10-21-14-29-15-30-23(20)21/h3-6,9-10,16-17H,7-8,11-15H2,1-2H3,(H,26,28). The number of fused-ring (bicyclic) bond motifs is 1. The molecule has 0 aliphatic carbocycles. The van der Waals surface area contributed by atoms with Gasteiger partial charge in [0.05, 0.1) is 18.8 Å². The number of ether oxygens (including phenoxy) is 3. The lowest BCUT2D eigenvalue weighted by Gasteiger charge is -2.35. The second kappa shape index (κ2) is 9.77. The van der Waals surface area contributed by atoms with Gasteiger partial charge in [-0.3, -0.25) is 9.69 Å². The number of benzene rings is 2. The van der Waals surface area contributed by atoms with E-state index in [1.165, 1.54) is 17.7 Å². The van der Waals surface area contributed by atoms with Gasteiger partial charge in [0, 0.05) is 37.3 Å².